The highest BCUT2D eigenvalue weighted by Gasteiger charge is 2.34. The molecule has 2 aliphatic heterocycles. The first-order valence-electron chi connectivity index (χ1n) is 13.7. The fourth-order valence-corrected chi connectivity index (χ4v) is 6.84. The van der Waals surface area contributed by atoms with Crippen molar-refractivity contribution in [1.29, 1.82) is 0 Å². The van der Waals surface area contributed by atoms with Crippen molar-refractivity contribution in [2.75, 3.05) is 69.3 Å². The number of aromatic carboxylic acids is 1. The fourth-order valence-electron chi connectivity index (χ4n) is 5.45. The summed E-state index contributed by atoms with van der Waals surface area (Å²) in [4.78, 5) is 48.3. The first-order valence-corrected chi connectivity index (χ1v) is 15.3. The molecule has 3 aromatic rings. The van der Waals surface area contributed by atoms with Crippen molar-refractivity contribution in [2.24, 2.45) is 5.92 Å². The molecule has 3 aromatic heterocycles. The molecule has 3 N–H and O–H groups in total. The zero-order valence-corrected chi connectivity index (χ0v) is 25.7. The van der Waals surface area contributed by atoms with Crippen molar-refractivity contribution in [2.45, 2.75) is 25.9 Å². The Morgan fingerprint density at radius 3 is 2.48 bits per heavy atom. The number of anilines is 2. The van der Waals surface area contributed by atoms with Crippen LogP contribution >= 0.6 is 34.5 Å². The van der Waals surface area contributed by atoms with Crippen LogP contribution in [-0.2, 0) is 4.74 Å². The number of aromatic nitrogens is 4. The van der Waals surface area contributed by atoms with Gasteiger partial charge >= 0.3 is 5.97 Å². The van der Waals surface area contributed by atoms with Gasteiger partial charge in [-0.2, -0.15) is 0 Å². The van der Waals surface area contributed by atoms with E-state index in [0.29, 0.717) is 59.1 Å². The van der Waals surface area contributed by atoms with Crippen molar-refractivity contribution in [1.82, 2.24) is 24.8 Å². The number of β-amino-alcohol motifs (C(OH)–C–C–N with tert-alkyl or cyclic N) is 1. The van der Waals surface area contributed by atoms with Crippen LogP contribution in [0.25, 0.3) is 11.4 Å². The Hall–Kier alpha value is -2.81. The first-order chi connectivity index (χ1) is 20.2. The van der Waals surface area contributed by atoms with Crippen LogP contribution in [0.3, 0.4) is 0 Å². The van der Waals surface area contributed by atoms with Gasteiger partial charge in [0.05, 0.1) is 35.1 Å². The molecule has 0 aromatic carbocycles. The Labute approximate surface area is 257 Å². The van der Waals surface area contributed by atoms with Gasteiger partial charge in [-0.3, -0.25) is 9.69 Å². The number of thiazole rings is 1. The monoisotopic (exact) mass is 637 g/mol. The largest absolute Gasteiger partial charge is 0.477 e. The molecule has 2 fully saturated rings. The summed E-state index contributed by atoms with van der Waals surface area (Å²) in [5, 5.41) is 20.2. The second-order valence-corrected chi connectivity index (χ2v) is 12.2. The van der Waals surface area contributed by atoms with Crippen LogP contribution in [-0.4, -0.2) is 112 Å². The van der Waals surface area contributed by atoms with E-state index in [9.17, 15) is 14.7 Å². The van der Waals surface area contributed by atoms with Crippen molar-refractivity contribution >= 4 is 57.2 Å². The molecule has 0 unspecified atom stereocenters. The van der Waals surface area contributed by atoms with Gasteiger partial charge in [0.15, 0.2) is 10.9 Å². The maximum atomic E-state index is 13.0. The van der Waals surface area contributed by atoms with Crippen LogP contribution in [0.15, 0.2) is 12.4 Å². The lowest BCUT2D eigenvalue weighted by Gasteiger charge is -2.37. The van der Waals surface area contributed by atoms with E-state index in [1.807, 2.05) is 4.90 Å². The average molecular weight is 639 g/mol. The number of aryl methyl sites for hydroxylation is 1. The van der Waals surface area contributed by atoms with Gasteiger partial charge in [-0.1, -0.05) is 34.5 Å². The Morgan fingerprint density at radius 2 is 1.88 bits per heavy atom. The molecule has 15 heteroatoms. The van der Waals surface area contributed by atoms with Gasteiger partial charge in [-0.15, -0.1) is 0 Å². The Morgan fingerprint density at radius 1 is 1.12 bits per heavy atom. The van der Waals surface area contributed by atoms with Gasteiger partial charge in [-0.25, -0.2) is 19.7 Å². The Bertz CT molecular complexity index is 1420. The highest BCUT2D eigenvalue weighted by Crippen LogP contribution is 2.36. The molecule has 2 aliphatic rings. The second kappa shape index (κ2) is 13.2. The van der Waals surface area contributed by atoms with Gasteiger partial charge in [0.25, 0.3) is 0 Å². The molecule has 0 spiro atoms. The summed E-state index contributed by atoms with van der Waals surface area (Å²) in [7, 11) is 1.61. The molecule has 5 rings (SSSR count). The fraction of sp³-hybridized carbons (Fsp3) is 0.519. The summed E-state index contributed by atoms with van der Waals surface area (Å²) in [6.45, 7) is 6.76. The SMILES string of the molecule is CO[C@H]1CN(c2nc(-c3cnc(N4CCN(CCO)CC4)cn3)c(C(=O)O)s2)CC[C@H]1CC(=O)c1[nH]c(C)c(Cl)c1Cl. The Kier molecular flexibility index (Phi) is 9.65. The van der Waals surface area contributed by atoms with E-state index in [-0.39, 0.29) is 46.4 Å². The predicted molar refractivity (Wildman–Crippen MR) is 161 cm³/mol. The minimum absolute atomic E-state index is 0.0560. The number of piperidine rings is 1. The zero-order valence-electron chi connectivity index (χ0n) is 23.3. The van der Waals surface area contributed by atoms with Crippen molar-refractivity contribution in [3.63, 3.8) is 0 Å². The van der Waals surface area contributed by atoms with Crippen LogP contribution in [0.2, 0.25) is 10.0 Å². The molecule has 42 heavy (non-hydrogen) atoms. The molecule has 2 atom stereocenters. The number of methoxy groups -OCH3 is 1. The maximum absolute atomic E-state index is 13.0. The standard InChI is InChI=1S/C27H33Cl2N7O5S/c1-15-21(28)22(29)24(32-15)18(38)11-16-3-4-36(14-19(16)41-2)27-33-23(25(42-27)26(39)40)17-12-31-20(13-30-17)35-7-5-34(6-8-35)9-10-37/h12-13,16,19,32,37H,3-11,14H2,1-2H3,(H,39,40)/t16-,19-/m0/s1. The third-order valence-corrected chi connectivity index (χ3v) is 9.90. The van der Waals surface area contributed by atoms with E-state index in [0.717, 1.165) is 37.5 Å². The lowest BCUT2D eigenvalue weighted by molar-refractivity contribution is 0.0375. The van der Waals surface area contributed by atoms with Crippen LogP contribution in [0.1, 0.15) is 38.7 Å². The molecule has 2 saturated heterocycles. The number of ketones is 1. The number of nitrogens with one attached hydrogen (secondary N) is 1. The normalized spacial score (nSPS) is 19.8. The number of halogens is 2. The number of piperazine rings is 1. The number of carboxylic acids is 1. The van der Waals surface area contributed by atoms with Crippen LogP contribution in [0.4, 0.5) is 10.9 Å². The number of hydrogen-bond donors (Lipinski definition) is 3. The summed E-state index contributed by atoms with van der Waals surface area (Å²) in [5.74, 6) is -0.554. The molecule has 0 bridgehead atoms. The molecule has 12 nitrogen and oxygen atoms in total. The van der Waals surface area contributed by atoms with Crippen LogP contribution in [0, 0.1) is 12.8 Å². The van der Waals surface area contributed by atoms with Gasteiger partial charge in [0.2, 0.25) is 0 Å². The molecule has 226 valence electrons. The van der Waals surface area contributed by atoms with E-state index < -0.39 is 5.97 Å². The third kappa shape index (κ3) is 6.41. The highest BCUT2D eigenvalue weighted by atomic mass is 35.5. The van der Waals surface area contributed by atoms with Gasteiger partial charge in [0, 0.05) is 65.0 Å². The number of Topliss-reactive ketones (excluding diaryl/α,β-unsaturated/α-hetero) is 1. The van der Waals surface area contributed by atoms with Gasteiger partial charge in [0.1, 0.15) is 27.8 Å². The van der Waals surface area contributed by atoms with Gasteiger partial charge in [-0.05, 0) is 19.3 Å². The van der Waals surface area contributed by atoms with Gasteiger partial charge < -0.3 is 29.7 Å². The predicted octanol–water partition coefficient (Wildman–Crippen LogP) is 3.47. The van der Waals surface area contributed by atoms with Crippen molar-refractivity contribution in [3.05, 3.63) is 38.7 Å². The average Bonchev–Trinajstić information content (AvgIpc) is 3.56. The number of aromatic amines is 1. The number of ether oxygens (including phenoxy) is 1. The zero-order chi connectivity index (χ0) is 30.0. The topological polar surface area (TPSA) is 148 Å². The first kappa shape index (κ1) is 30.6. The number of aliphatic hydroxyl groups excluding tert-OH is 1. The molecule has 0 aliphatic carbocycles. The van der Waals surface area contributed by atoms with Crippen molar-refractivity contribution < 1.29 is 24.5 Å². The summed E-state index contributed by atoms with van der Waals surface area (Å²) in [5.41, 5.74) is 1.61. The van der Waals surface area contributed by atoms with E-state index in [4.69, 9.17) is 33.0 Å². The smallest absolute Gasteiger partial charge is 0.348 e. The lowest BCUT2D eigenvalue weighted by atomic mass is 9.88. The summed E-state index contributed by atoms with van der Waals surface area (Å²) in [6.07, 6.45) is 3.83. The molecular formula is C27H33Cl2N7O5S. The summed E-state index contributed by atoms with van der Waals surface area (Å²) >= 11 is 13.5. The van der Waals surface area contributed by atoms with E-state index in [1.165, 1.54) is 0 Å². The number of carbonyl (C=O) groups is 2. The minimum atomic E-state index is -1.08. The number of H-pyrrole nitrogens is 1. The summed E-state index contributed by atoms with van der Waals surface area (Å²) in [6, 6.07) is 0. The van der Waals surface area contributed by atoms with Crippen LogP contribution in [0.5, 0.6) is 0 Å². The third-order valence-electron chi connectivity index (χ3n) is 7.85. The quantitative estimate of drug-likeness (QED) is 0.281. The number of aliphatic hydroxyl groups is 1. The number of rotatable bonds is 10. The van der Waals surface area contributed by atoms with Crippen LogP contribution < -0.4 is 9.80 Å². The lowest BCUT2D eigenvalue weighted by Crippen LogP contribution is -2.47. The van der Waals surface area contributed by atoms with Crippen molar-refractivity contribution in [3.8, 4) is 11.4 Å². The highest BCUT2D eigenvalue weighted by molar-refractivity contribution is 7.17. The number of carbonyl (C=O) groups excluding carboxylic acids is 1. The molecule has 5 heterocycles. The number of nitrogens with zero attached hydrogens (tertiary/aromatic N) is 6. The Balaban J connectivity index is 1.28. The molecule has 0 radical (unpaired) electrons. The molecular weight excluding hydrogens is 605 g/mol. The molecule has 0 saturated carbocycles. The van der Waals surface area contributed by atoms with E-state index in [1.54, 1.807) is 26.4 Å². The minimum Gasteiger partial charge on any atom is -0.477 e. The summed E-state index contributed by atoms with van der Waals surface area (Å²) < 4.78 is 5.77. The molecule has 0 amide bonds. The van der Waals surface area contributed by atoms with E-state index >= 15 is 0 Å². The maximum Gasteiger partial charge on any atom is 0.348 e. The van der Waals surface area contributed by atoms with E-state index in [2.05, 4.69) is 29.7 Å². The second-order valence-electron chi connectivity index (χ2n) is 10.4. The number of carboxylic acid groups (broad SMARTS) is 1. The number of hydrogen-bond acceptors (Lipinski definition) is 11.